The normalized spacial score (nSPS) is 11.4. The molecule has 0 radical (unpaired) electrons. The van der Waals surface area contributed by atoms with Crippen LogP contribution in [0.5, 0.6) is 0 Å². The van der Waals surface area contributed by atoms with E-state index in [1.54, 1.807) is 13.0 Å². The van der Waals surface area contributed by atoms with E-state index in [-0.39, 0.29) is 29.1 Å². The van der Waals surface area contributed by atoms with Gasteiger partial charge in [0.1, 0.15) is 5.56 Å². The van der Waals surface area contributed by atoms with Crippen LogP contribution < -0.4 is 10.9 Å². The van der Waals surface area contributed by atoms with E-state index in [0.717, 1.165) is 12.8 Å². The maximum Gasteiger partial charge on any atom is 0.261 e. The third-order valence-corrected chi connectivity index (χ3v) is 3.14. The van der Waals surface area contributed by atoms with Gasteiger partial charge in [-0.3, -0.25) is 9.59 Å². The van der Waals surface area contributed by atoms with Gasteiger partial charge >= 0.3 is 0 Å². The number of nitrogens with one attached hydrogen (secondary N) is 2. The van der Waals surface area contributed by atoms with Crippen LogP contribution in [-0.4, -0.2) is 29.1 Å². The third-order valence-electron chi connectivity index (χ3n) is 3.14. The highest BCUT2D eigenvalue weighted by atomic mass is 16.3. The second kappa shape index (κ2) is 6.52. The number of carbonyl (C=O) groups excluding carboxylic acids is 1. The minimum atomic E-state index is -0.367. The SMILES string of the molecule is Cc1cc[nH]c(=O)c1C(=O)NCCCC(C)(C)CO. The number of aliphatic hydroxyl groups excluding tert-OH is 1. The molecule has 0 aliphatic heterocycles. The molecular weight excluding hydrogens is 244 g/mol. The molecule has 0 bridgehead atoms. The first kappa shape index (κ1) is 15.4. The number of hydrogen-bond acceptors (Lipinski definition) is 3. The number of H-pyrrole nitrogens is 1. The number of hydrogen-bond donors (Lipinski definition) is 3. The monoisotopic (exact) mass is 266 g/mol. The van der Waals surface area contributed by atoms with Crippen LogP contribution in [0.2, 0.25) is 0 Å². The van der Waals surface area contributed by atoms with Crippen molar-refractivity contribution in [1.82, 2.24) is 10.3 Å². The summed E-state index contributed by atoms with van der Waals surface area (Å²) in [6, 6.07) is 1.70. The first-order valence-corrected chi connectivity index (χ1v) is 6.45. The average Bonchev–Trinajstić information content (AvgIpc) is 2.34. The van der Waals surface area contributed by atoms with Crippen molar-refractivity contribution in [2.45, 2.75) is 33.6 Å². The lowest BCUT2D eigenvalue weighted by atomic mass is 9.89. The number of aromatic nitrogens is 1. The molecule has 19 heavy (non-hydrogen) atoms. The molecule has 0 fully saturated rings. The van der Waals surface area contributed by atoms with E-state index in [9.17, 15) is 9.59 Å². The summed E-state index contributed by atoms with van der Waals surface area (Å²) in [7, 11) is 0. The van der Waals surface area contributed by atoms with E-state index in [4.69, 9.17) is 5.11 Å². The van der Waals surface area contributed by atoms with E-state index >= 15 is 0 Å². The molecule has 0 aliphatic carbocycles. The number of aryl methyl sites for hydroxylation is 1. The van der Waals surface area contributed by atoms with Gasteiger partial charge in [0.2, 0.25) is 0 Å². The lowest BCUT2D eigenvalue weighted by molar-refractivity contribution is 0.0946. The van der Waals surface area contributed by atoms with E-state index in [1.165, 1.54) is 6.20 Å². The summed E-state index contributed by atoms with van der Waals surface area (Å²) in [5.74, 6) is -0.346. The van der Waals surface area contributed by atoms with E-state index in [2.05, 4.69) is 10.3 Å². The number of pyridine rings is 1. The Bertz CT molecular complexity index is 492. The molecule has 0 aliphatic rings. The highest BCUT2D eigenvalue weighted by molar-refractivity contribution is 5.95. The van der Waals surface area contributed by atoms with Crippen molar-refractivity contribution in [3.63, 3.8) is 0 Å². The summed E-state index contributed by atoms with van der Waals surface area (Å²) in [5.41, 5.74) is 0.333. The molecule has 5 nitrogen and oxygen atoms in total. The van der Waals surface area contributed by atoms with Crippen molar-refractivity contribution in [1.29, 1.82) is 0 Å². The second-order valence-electron chi connectivity index (χ2n) is 5.55. The summed E-state index contributed by atoms with van der Waals surface area (Å²) in [5, 5.41) is 11.9. The third kappa shape index (κ3) is 4.52. The molecule has 3 N–H and O–H groups in total. The molecular formula is C14H22N2O3. The molecule has 1 rings (SSSR count). The van der Waals surface area contributed by atoms with Gasteiger partial charge in [0.15, 0.2) is 0 Å². The summed E-state index contributed by atoms with van der Waals surface area (Å²) in [6.07, 6.45) is 3.11. The van der Waals surface area contributed by atoms with E-state index in [1.807, 2.05) is 13.8 Å². The van der Waals surface area contributed by atoms with Crippen LogP contribution in [0.3, 0.4) is 0 Å². The molecule has 1 aromatic rings. The van der Waals surface area contributed by atoms with Crippen LogP contribution in [0.25, 0.3) is 0 Å². The van der Waals surface area contributed by atoms with Gasteiger partial charge < -0.3 is 15.4 Å². The molecule has 5 heteroatoms. The molecule has 1 amide bonds. The van der Waals surface area contributed by atoms with Crippen molar-refractivity contribution >= 4 is 5.91 Å². The molecule has 1 aromatic heterocycles. The summed E-state index contributed by atoms with van der Waals surface area (Å²) in [4.78, 5) is 26.0. The van der Waals surface area contributed by atoms with Gasteiger partial charge in [-0.2, -0.15) is 0 Å². The highest BCUT2D eigenvalue weighted by Gasteiger charge is 2.16. The zero-order chi connectivity index (χ0) is 14.5. The quantitative estimate of drug-likeness (QED) is 0.677. The fraction of sp³-hybridized carbons (Fsp3) is 0.571. The summed E-state index contributed by atoms with van der Waals surface area (Å²) in [6.45, 7) is 6.30. The van der Waals surface area contributed by atoms with Crippen molar-refractivity contribution < 1.29 is 9.90 Å². The van der Waals surface area contributed by atoms with Crippen molar-refractivity contribution in [2.24, 2.45) is 5.41 Å². The predicted octanol–water partition coefficient (Wildman–Crippen LogP) is 1.21. The van der Waals surface area contributed by atoms with Crippen LogP contribution >= 0.6 is 0 Å². The van der Waals surface area contributed by atoms with Gasteiger partial charge in [0, 0.05) is 19.3 Å². The zero-order valence-corrected chi connectivity index (χ0v) is 11.7. The van der Waals surface area contributed by atoms with Crippen molar-refractivity contribution in [3.8, 4) is 0 Å². The molecule has 0 atom stereocenters. The van der Waals surface area contributed by atoms with Crippen LogP contribution in [0.1, 0.15) is 42.6 Å². The number of aliphatic hydroxyl groups is 1. The topological polar surface area (TPSA) is 82.2 Å². The van der Waals surface area contributed by atoms with Gasteiger partial charge in [-0.1, -0.05) is 13.8 Å². The largest absolute Gasteiger partial charge is 0.396 e. The number of carbonyl (C=O) groups is 1. The Balaban J connectivity index is 2.51. The Morgan fingerprint density at radius 2 is 2.16 bits per heavy atom. The van der Waals surface area contributed by atoms with Gasteiger partial charge in [0.05, 0.1) is 0 Å². The van der Waals surface area contributed by atoms with E-state index < -0.39 is 0 Å². The standard InChI is InChI=1S/C14H22N2O3/c1-10-5-8-16-13(19)11(10)12(18)15-7-4-6-14(2,3)9-17/h5,8,17H,4,6-7,9H2,1-3H3,(H,15,18)(H,16,19). The minimum Gasteiger partial charge on any atom is -0.396 e. The zero-order valence-electron chi connectivity index (χ0n) is 11.7. The van der Waals surface area contributed by atoms with E-state index in [0.29, 0.717) is 12.1 Å². The Hall–Kier alpha value is -1.62. The summed E-state index contributed by atoms with van der Waals surface area (Å²) >= 11 is 0. The van der Waals surface area contributed by atoms with Gasteiger partial charge in [-0.25, -0.2) is 0 Å². The maximum absolute atomic E-state index is 11.9. The fourth-order valence-electron chi connectivity index (χ4n) is 1.80. The first-order valence-electron chi connectivity index (χ1n) is 6.45. The highest BCUT2D eigenvalue weighted by Crippen LogP contribution is 2.20. The number of aromatic amines is 1. The van der Waals surface area contributed by atoms with Crippen molar-refractivity contribution in [2.75, 3.05) is 13.2 Å². The molecule has 106 valence electrons. The summed E-state index contributed by atoms with van der Waals surface area (Å²) < 4.78 is 0. The Labute approximate surface area is 113 Å². The number of rotatable bonds is 6. The van der Waals surface area contributed by atoms with Crippen molar-refractivity contribution in [3.05, 3.63) is 33.7 Å². The first-order chi connectivity index (χ1) is 8.87. The van der Waals surface area contributed by atoms with Crippen LogP contribution in [0.4, 0.5) is 0 Å². The van der Waals surface area contributed by atoms with Crippen LogP contribution in [0.15, 0.2) is 17.1 Å². The Morgan fingerprint density at radius 1 is 1.47 bits per heavy atom. The minimum absolute atomic E-state index is 0.123. The van der Waals surface area contributed by atoms with Gasteiger partial charge in [-0.15, -0.1) is 0 Å². The molecule has 0 unspecified atom stereocenters. The molecule has 0 spiro atoms. The van der Waals surface area contributed by atoms with Gasteiger partial charge in [-0.05, 0) is 36.8 Å². The molecule has 0 saturated carbocycles. The Kier molecular flexibility index (Phi) is 5.30. The number of amides is 1. The maximum atomic E-state index is 11.9. The lowest BCUT2D eigenvalue weighted by Crippen LogP contribution is -2.31. The van der Waals surface area contributed by atoms with Gasteiger partial charge in [0.25, 0.3) is 11.5 Å². The van der Waals surface area contributed by atoms with Crippen LogP contribution in [0, 0.1) is 12.3 Å². The average molecular weight is 266 g/mol. The Morgan fingerprint density at radius 3 is 2.74 bits per heavy atom. The second-order valence-corrected chi connectivity index (χ2v) is 5.55. The lowest BCUT2D eigenvalue weighted by Gasteiger charge is -2.21. The van der Waals surface area contributed by atoms with Crippen LogP contribution in [-0.2, 0) is 0 Å². The smallest absolute Gasteiger partial charge is 0.261 e. The fourth-order valence-corrected chi connectivity index (χ4v) is 1.80. The molecule has 1 heterocycles. The molecule has 0 aromatic carbocycles. The predicted molar refractivity (Wildman–Crippen MR) is 74.2 cm³/mol. The molecule has 0 saturated heterocycles.